The predicted molar refractivity (Wildman–Crippen MR) is 57.0 cm³/mol. The van der Waals surface area contributed by atoms with Gasteiger partial charge < -0.3 is 0 Å². The molecule has 0 aromatic heterocycles. The number of alkyl halides is 3. The van der Waals surface area contributed by atoms with Crippen LogP contribution in [-0.2, 0) is 6.18 Å². The van der Waals surface area contributed by atoms with Crippen LogP contribution in [0.25, 0.3) is 0 Å². The van der Waals surface area contributed by atoms with Gasteiger partial charge in [0, 0.05) is 9.64 Å². The maximum Gasteiger partial charge on any atom is 0.417 e. The minimum atomic E-state index is -4.52. The standard InChI is InChI=1S/C11H12F4S/c1-10(2,3)16-9-5-4-7(12)6-8(9)11(13,14)15/h4-6H,1-3H3. The highest BCUT2D eigenvalue weighted by atomic mass is 32.2. The minimum Gasteiger partial charge on any atom is -0.207 e. The van der Waals surface area contributed by atoms with Gasteiger partial charge in [0.25, 0.3) is 0 Å². The Morgan fingerprint density at radius 3 is 2.06 bits per heavy atom. The van der Waals surface area contributed by atoms with Crippen molar-refractivity contribution in [3.05, 3.63) is 29.6 Å². The molecule has 1 rings (SSSR count). The topological polar surface area (TPSA) is 0 Å². The molecule has 90 valence electrons. The van der Waals surface area contributed by atoms with Gasteiger partial charge in [-0.05, 0) is 18.2 Å². The van der Waals surface area contributed by atoms with Crippen molar-refractivity contribution in [2.45, 2.75) is 36.6 Å². The summed E-state index contributed by atoms with van der Waals surface area (Å²) >= 11 is 1.08. The number of halogens is 4. The normalized spacial score (nSPS) is 12.9. The lowest BCUT2D eigenvalue weighted by Crippen LogP contribution is -2.12. The highest BCUT2D eigenvalue weighted by molar-refractivity contribution is 8.00. The highest BCUT2D eigenvalue weighted by Gasteiger charge is 2.35. The zero-order valence-corrected chi connectivity index (χ0v) is 9.97. The molecular formula is C11H12F4S. The monoisotopic (exact) mass is 252 g/mol. The van der Waals surface area contributed by atoms with E-state index in [0.717, 1.165) is 17.8 Å². The van der Waals surface area contributed by atoms with Crippen molar-refractivity contribution in [3.63, 3.8) is 0 Å². The number of hydrogen-bond acceptors (Lipinski definition) is 1. The lowest BCUT2D eigenvalue weighted by atomic mass is 10.2. The van der Waals surface area contributed by atoms with Crippen LogP contribution >= 0.6 is 11.8 Å². The Hall–Kier alpha value is -0.710. The third kappa shape index (κ3) is 3.70. The van der Waals surface area contributed by atoms with Crippen LogP contribution in [0.5, 0.6) is 0 Å². The van der Waals surface area contributed by atoms with Gasteiger partial charge in [-0.2, -0.15) is 13.2 Å². The van der Waals surface area contributed by atoms with E-state index >= 15 is 0 Å². The highest BCUT2D eigenvalue weighted by Crippen LogP contribution is 2.41. The molecule has 0 unspecified atom stereocenters. The SMILES string of the molecule is CC(C)(C)Sc1ccc(F)cc1C(F)(F)F. The van der Waals surface area contributed by atoms with E-state index in [1.54, 1.807) is 20.8 Å². The molecule has 5 heteroatoms. The largest absolute Gasteiger partial charge is 0.417 e. The Morgan fingerprint density at radius 2 is 1.62 bits per heavy atom. The number of hydrogen-bond donors (Lipinski definition) is 0. The van der Waals surface area contributed by atoms with E-state index in [1.807, 2.05) is 0 Å². The van der Waals surface area contributed by atoms with Crippen LogP contribution in [-0.4, -0.2) is 4.75 Å². The van der Waals surface area contributed by atoms with Crippen LogP contribution in [0.1, 0.15) is 26.3 Å². The molecule has 0 amide bonds. The summed E-state index contributed by atoms with van der Waals surface area (Å²) in [6.07, 6.45) is -4.52. The maximum absolute atomic E-state index is 12.8. The molecule has 0 bridgehead atoms. The third-order valence-corrected chi connectivity index (χ3v) is 2.85. The lowest BCUT2D eigenvalue weighted by molar-refractivity contribution is -0.139. The van der Waals surface area contributed by atoms with E-state index in [0.29, 0.717) is 6.07 Å². The van der Waals surface area contributed by atoms with Crippen molar-refractivity contribution >= 4 is 11.8 Å². The summed E-state index contributed by atoms with van der Waals surface area (Å²) in [5.41, 5.74) is -0.910. The van der Waals surface area contributed by atoms with Gasteiger partial charge in [-0.25, -0.2) is 4.39 Å². The molecular weight excluding hydrogens is 240 g/mol. The fourth-order valence-corrected chi connectivity index (χ4v) is 2.22. The fourth-order valence-electron chi connectivity index (χ4n) is 1.14. The van der Waals surface area contributed by atoms with Crippen LogP contribution in [0.4, 0.5) is 17.6 Å². The second-order valence-corrected chi connectivity index (χ2v) is 6.22. The number of thioether (sulfide) groups is 1. The van der Waals surface area contributed by atoms with Gasteiger partial charge in [0.2, 0.25) is 0 Å². The summed E-state index contributed by atoms with van der Waals surface area (Å²) in [4.78, 5) is 0.0569. The molecule has 0 atom stereocenters. The molecule has 0 N–H and O–H groups in total. The van der Waals surface area contributed by atoms with E-state index in [2.05, 4.69) is 0 Å². The first-order valence-electron chi connectivity index (χ1n) is 4.65. The average Bonchev–Trinajstić information content (AvgIpc) is 2.04. The molecule has 0 radical (unpaired) electrons. The van der Waals surface area contributed by atoms with Crippen LogP contribution in [0, 0.1) is 5.82 Å². The van der Waals surface area contributed by atoms with Crippen molar-refractivity contribution < 1.29 is 17.6 Å². The van der Waals surface area contributed by atoms with E-state index in [1.165, 1.54) is 6.07 Å². The molecule has 0 fully saturated rings. The van der Waals surface area contributed by atoms with Crippen molar-refractivity contribution in [1.82, 2.24) is 0 Å². The summed E-state index contributed by atoms with van der Waals surface area (Å²) in [6.45, 7) is 5.42. The van der Waals surface area contributed by atoms with Gasteiger partial charge in [0.15, 0.2) is 0 Å². The molecule has 0 heterocycles. The molecule has 0 nitrogen and oxygen atoms in total. The van der Waals surface area contributed by atoms with E-state index in [9.17, 15) is 17.6 Å². The van der Waals surface area contributed by atoms with Crippen LogP contribution in [0.2, 0.25) is 0 Å². The lowest BCUT2D eigenvalue weighted by Gasteiger charge is -2.20. The van der Waals surface area contributed by atoms with Gasteiger partial charge in [0.1, 0.15) is 5.82 Å². The molecule has 0 aliphatic heterocycles. The number of rotatable bonds is 1. The summed E-state index contributed by atoms with van der Waals surface area (Å²) in [5, 5.41) is 0. The summed E-state index contributed by atoms with van der Waals surface area (Å²) in [5.74, 6) is -0.870. The van der Waals surface area contributed by atoms with Crippen LogP contribution in [0.15, 0.2) is 23.1 Å². The third-order valence-electron chi connectivity index (χ3n) is 1.66. The predicted octanol–water partition coefficient (Wildman–Crippen LogP) is 4.74. The summed E-state index contributed by atoms with van der Waals surface area (Å²) < 4.78 is 50.3. The first-order chi connectivity index (χ1) is 7.09. The van der Waals surface area contributed by atoms with Crippen molar-refractivity contribution in [2.24, 2.45) is 0 Å². The second kappa shape index (κ2) is 4.28. The number of benzene rings is 1. The van der Waals surface area contributed by atoms with Crippen LogP contribution < -0.4 is 0 Å². The van der Waals surface area contributed by atoms with Gasteiger partial charge in [-0.15, -0.1) is 11.8 Å². The molecule has 16 heavy (non-hydrogen) atoms. The van der Waals surface area contributed by atoms with E-state index < -0.39 is 17.6 Å². The molecule has 0 saturated heterocycles. The summed E-state index contributed by atoms with van der Waals surface area (Å²) in [6, 6.07) is 2.76. The maximum atomic E-state index is 12.8. The molecule has 1 aromatic carbocycles. The Balaban J connectivity index is 3.19. The molecule has 0 aliphatic carbocycles. The second-order valence-electron chi connectivity index (χ2n) is 4.35. The van der Waals surface area contributed by atoms with Gasteiger partial charge >= 0.3 is 6.18 Å². The zero-order valence-electron chi connectivity index (χ0n) is 9.15. The van der Waals surface area contributed by atoms with Crippen LogP contribution in [0.3, 0.4) is 0 Å². The summed E-state index contributed by atoms with van der Waals surface area (Å²) in [7, 11) is 0. The Labute approximate surface area is 96.0 Å². The minimum absolute atomic E-state index is 0.0569. The van der Waals surface area contributed by atoms with Gasteiger partial charge in [0.05, 0.1) is 5.56 Å². The van der Waals surface area contributed by atoms with Crippen molar-refractivity contribution in [3.8, 4) is 0 Å². The first-order valence-corrected chi connectivity index (χ1v) is 5.47. The van der Waals surface area contributed by atoms with Crippen molar-refractivity contribution in [2.75, 3.05) is 0 Å². The molecule has 0 aliphatic rings. The van der Waals surface area contributed by atoms with Crippen molar-refractivity contribution in [1.29, 1.82) is 0 Å². The Kier molecular flexibility index (Phi) is 3.57. The molecule has 0 saturated carbocycles. The first kappa shape index (κ1) is 13.4. The Bertz CT molecular complexity index is 377. The average molecular weight is 252 g/mol. The fraction of sp³-hybridized carbons (Fsp3) is 0.455. The quantitative estimate of drug-likeness (QED) is 0.514. The Morgan fingerprint density at radius 1 is 1.06 bits per heavy atom. The molecule has 0 spiro atoms. The van der Waals surface area contributed by atoms with E-state index in [-0.39, 0.29) is 9.64 Å². The van der Waals surface area contributed by atoms with Gasteiger partial charge in [-0.3, -0.25) is 0 Å². The smallest absolute Gasteiger partial charge is 0.207 e. The zero-order chi connectivity index (χ0) is 12.6. The van der Waals surface area contributed by atoms with Gasteiger partial charge in [-0.1, -0.05) is 20.8 Å². The molecule has 1 aromatic rings. The van der Waals surface area contributed by atoms with E-state index in [4.69, 9.17) is 0 Å².